The average molecular weight is 680 g/mol. The molecule has 6 rings (SSSR count). The van der Waals surface area contributed by atoms with Gasteiger partial charge in [0.1, 0.15) is 36.1 Å². The van der Waals surface area contributed by atoms with E-state index in [0.29, 0.717) is 43.9 Å². The molecule has 0 bridgehead atoms. The fraction of sp³-hybridized carbons (Fsp3) is 0.385. The summed E-state index contributed by atoms with van der Waals surface area (Å²) in [5.74, 6) is 1.65. The number of nitrogens with one attached hydrogen (secondary N) is 3. The van der Waals surface area contributed by atoms with E-state index in [2.05, 4.69) is 50.2 Å². The molecule has 2 aliphatic heterocycles. The van der Waals surface area contributed by atoms with E-state index in [1.54, 1.807) is 43.6 Å². The van der Waals surface area contributed by atoms with Crippen molar-refractivity contribution in [2.45, 2.75) is 62.9 Å². The number of carbonyl (C=O) groups excluding carboxylic acids is 2. The molecule has 0 fully saturated rings. The molecular formula is C39H45N5O6. The first kappa shape index (κ1) is 35.2. The molecule has 11 heteroatoms. The lowest BCUT2D eigenvalue weighted by atomic mass is 9.82. The van der Waals surface area contributed by atoms with Crippen LogP contribution in [0, 0.1) is 0 Å². The van der Waals surface area contributed by atoms with Crippen LogP contribution in [0.25, 0.3) is 0 Å². The second-order valence-corrected chi connectivity index (χ2v) is 13.1. The summed E-state index contributed by atoms with van der Waals surface area (Å²) in [4.78, 5) is 31.8. The number of aryl methyl sites for hydroxylation is 1. The van der Waals surface area contributed by atoms with Crippen LogP contribution in [0.3, 0.4) is 0 Å². The first-order chi connectivity index (χ1) is 24.3. The topological polar surface area (TPSA) is 155 Å². The third kappa shape index (κ3) is 8.72. The van der Waals surface area contributed by atoms with Gasteiger partial charge in [-0.15, -0.1) is 0 Å². The van der Waals surface area contributed by atoms with Crippen LogP contribution >= 0.6 is 0 Å². The monoisotopic (exact) mass is 679 g/mol. The summed E-state index contributed by atoms with van der Waals surface area (Å²) < 4.78 is 12.8. The maximum absolute atomic E-state index is 12.2. The Kier molecular flexibility index (Phi) is 11.5. The first-order valence-corrected chi connectivity index (χ1v) is 17.2. The quantitative estimate of drug-likeness (QED) is 0.125. The molecule has 0 saturated carbocycles. The minimum atomic E-state index is -0.757. The number of hydrogen-bond acceptors (Lipinski definition) is 10. The first-order valence-electron chi connectivity index (χ1n) is 17.2. The van der Waals surface area contributed by atoms with E-state index in [1.165, 1.54) is 13.3 Å². The van der Waals surface area contributed by atoms with Crippen LogP contribution in [0.15, 0.2) is 79.3 Å². The number of aliphatic hydroxyl groups is 2. The molecule has 5 N–H and O–H groups in total. The number of benzene rings is 3. The number of carbonyl (C=O) groups is 2. The van der Waals surface area contributed by atoms with E-state index in [0.717, 1.165) is 58.6 Å². The summed E-state index contributed by atoms with van der Waals surface area (Å²) in [6, 6.07) is 21.2. The summed E-state index contributed by atoms with van der Waals surface area (Å²) in [7, 11) is 1.64. The number of ether oxygens (including phenoxy) is 2. The zero-order valence-corrected chi connectivity index (χ0v) is 28.5. The van der Waals surface area contributed by atoms with Crippen molar-refractivity contribution < 1.29 is 29.3 Å². The number of rotatable bonds is 14. The van der Waals surface area contributed by atoms with Gasteiger partial charge in [0.05, 0.1) is 18.2 Å². The molecule has 1 amide bonds. The van der Waals surface area contributed by atoms with E-state index >= 15 is 0 Å². The van der Waals surface area contributed by atoms with Crippen molar-refractivity contribution in [3.63, 3.8) is 0 Å². The van der Waals surface area contributed by atoms with Gasteiger partial charge in [-0.05, 0) is 66.6 Å². The van der Waals surface area contributed by atoms with Gasteiger partial charge >= 0.3 is 0 Å². The standard InChI is InChI=1S/C39H45N5O6/c1-24(45)26-4-6-27(7-5-26)35(46)21-42-19-30-10-8-29-17-28(9-12-37(29)49-30)32-18-31(20-43-22-36(47)34-13-14-41-23-44-34)50-38-11-3-25(15-33(32)38)16-39(48)40-2/h3-7,9,11-15,17,23,30-32,35-36,42-43,46-47H,8,10,16,18-22H2,1-2H3,(H,40,48). The molecular weight excluding hydrogens is 634 g/mol. The normalized spacial score (nSPS) is 19.2. The van der Waals surface area contributed by atoms with Gasteiger partial charge < -0.3 is 35.6 Å². The number of aromatic nitrogens is 2. The molecule has 5 unspecified atom stereocenters. The van der Waals surface area contributed by atoms with E-state index in [4.69, 9.17) is 9.47 Å². The van der Waals surface area contributed by atoms with E-state index in [9.17, 15) is 19.8 Å². The van der Waals surface area contributed by atoms with Gasteiger partial charge in [-0.1, -0.05) is 48.5 Å². The number of amides is 1. The van der Waals surface area contributed by atoms with Crippen LogP contribution in [-0.4, -0.2) is 77.3 Å². The number of nitrogens with zero attached hydrogens (tertiary/aromatic N) is 2. The number of ketones is 1. The van der Waals surface area contributed by atoms with E-state index in [1.807, 2.05) is 12.1 Å². The summed E-state index contributed by atoms with van der Waals surface area (Å²) in [5, 5.41) is 30.6. The fourth-order valence-electron chi connectivity index (χ4n) is 6.67. The van der Waals surface area contributed by atoms with E-state index in [-0.39, 0.29) is 29.8 Å². The minimum Gasteiger partial charge on any atom is -0.489 e. The summed E-state index contributed by atoms with van der Waals surface area (Å²) >= 11 is 0. The maximum Gasteiger partial charge on any atom is 0.224 e. The lowest BCUT2D eigenvalue weighted by Crippen LogP contribution is -2.37. The third-order valence-electron chi connectivity index (χ3n) is 9.47. The van der Waals surface area contributed by atoms with Crippen molar-refractivity contribution in [1.29, 1.82) is 0 Å². The summed E-state index contributed by atoms with van der Waals surface area (Å²) in [6.45, 7) is 3.38. The number of likely N-dealkylation sites (N-methyl/N-ethyl adjacent to an activating group) is 1. The number of Topliss-reactive ketones (excluding diaryl/α,β-unsaturated/α-hetero) is 1. The molecule has 5 atom stereocenters. The highest BCUT2D eigenvalue weighted by Crippen LogP contribution is 2.42. The predicted molar refractivity (Wildman–Crippen MR) is 188 cm³/mol. The van der Waals surface area contributed by atoms with Crippen LogP contribution < -0.4 is 25.4 Å². The second-order valence-electron chi connectivity index (χ2n) is 13.1. The Morgan fingerprint density at radius 2 is 1.64 bits per heavy atom. The molecule has 3 aromatic carbocycles. The summed E-state index contributed by atoms with van der Waals surface area (Å²) in [5.41, 5.74) is 6.25. The van der Waals surface area contributed by atoms with Crippen molar-refractivity contribution in [2.24, 2.45) is 0 Å². The minimum absolute atomic E-state index is 0.000274. The van der Waals surface area contributed by atoms with Gasteiger partial charge in [-0.2, -0.15) is 0 Å². The smallest absolute Gasteiger partial charge is 0.224 e. The largest absolute Gasteiger partial charge is 0.489 e. The number of aliphatic hydroxyl groups excluding tert-OH is 2. The molecule has 0 radical (unpaired) electrons. The molecule has 11 nitrogen and oxygen atoms in total. The van der Waals surface area contributed by atoms with Gasteiger partial charge in [0.25, 0.3) is 0 Å². The van der Waals surface area contributed by atoms with Crippen molar-refractivity contribution in [2.75, 3.05) is 33.2 Å². The Morgan fingerprint density at radius 3 is 2.38 bits per heavy atom. The molecule has 0 aliphatic carbocycles. The van der Waals surface area contributed by atoms with Gasteiger partial charge in [0, 0.05) is 56.5 Å². The summed E-state index contributed by atoms with van der Waals surface area (Å²) in [6.07, 6.45) is 4.16. The van der Waals surface area contributed by atoms with Crippen LogP contribution in [-0.2, 0) is 17.6 Å². The number of fused-ring (bicyclic) bond motifs is 2. The second kappa shape index (κ2) is 16.4. The van der Waals surface area contributed by atoms with Crippen molar-refractivity contribution in [1.82, 2.24) is 25.9 Å². The Balaban J connectivity index is 1.10. The predicted octanol–water partition coefficient (Wildman–Crippen LogP) is 3.59. The Hall–Kier alpha value is -4.68. The zero-order valence-electron chi connectivity index (χ0n) is 28.5. The number of hydrogen-bond donors (Lipinski definition) is 5. The van der Waals surface area contributed by atoms with Gasteiger partial charge in [0.15, 0.2) is 5.78 Å². The lowest BCUT2D eigenvalue weighted by molar-refractivity contribution is -0.119. The van der Waals surface area contributed by atoms with Gasteiger partial charge in [-0.3, -0.25) is 9.59 Å². The fourth-order valence-corrected chi connectivity index (χ4v) is 6.67. The van der Waals surface area contributed by atoms with Crippen LogP contribution in [0.1, 0.15) is 81.8 Å². The Labute approximate surface area is 292 Å². The molecule has 1 aromatic heterocycles. The van der Waals surface area contributed by atoms with Crippen LogP contribution in [0.2, 0.25) is 0 Å². The highest BCUT2D eigenvalue weighted by Gasteiger charge is 2.31. The zero-order chi connectivity index (χ0) is 35.0. The third-order valence-corrected chi connectivity index (χ3v) is 9.47. The molecule has 0 saturated heterocycles. The van der Waals surface area contributed by atoms with Gasteiger partial charge in [0.2, 0.25) is 5.91 Å². The van der Waals surface area contributed by atoms with Gasteiger partial charge in [-0.25, -0.2) is 9.97 Å². The maximum atomic E-state index is 12.2. The van der Waals surface area contributed by atoms with Crippen molar-refractivity contribution >= 4 is 11.7 Å². The highest BCUT2D eigenvalue weighted by molar-refractivity contribution is 5.94. The Morgan fingerprint density at radius 1 is 0.900 bits per heavy atom. The Bertz CT molecular complexity index is 1770. The van der Waals surface area contributed by atoms with Crippen molar-refractivity contribution in [3.05, 3.63) is 118 Å². The molecule has 262 valence electrons. The van der Waals surface area contributed by atoms with Crippen molar-refractivity contribution in [3.8, 4) is 11.5 Å². The SMILES string of the molecule is CNC(=O)Cc1ccc2c(c1)C(c1ccc3c(c1)CCC(CNCC(O)c1ccc(C(C)=O)cc1)O3)CC(CNCC(O)c1ccncn1)O2. The van der Waals surface area contributed by atoms with Crippen LogP contribution in [0.5, 0.6) is 11.5 Å². The highest BCUT2D eigenvalue weighted by atomic mass is 16.5. The lowest BCUT2D eigenvalue weighted by Gasteiger charge is -2.34. The van der Waals surface area contributed by atoms with Crippen LogP contribution in [0.4, 0.5) is 0 Å². The molecule has 0 spiro atoms. The molecule has 2 aliphatic rings. The molecule has 3 heterocycles. The average Bonchev–Trinajstić information content (AvgIpc) is 3.14. The molecule has 4 aromatic rings. The molecule has 50 heavy (non-hydrogen) atoms. The van der Waals surface area contributed by atoms with E-state index < -0.39 is 12.2 Å².